The lowest BCUT2D eigenvalue weighted by Crippen LogP contribution is -2.42. The van der Waals surface area contributed by atoms with Crippen LogP contribution in [0, 0.1) is 5.82 Å². The molecule has 2 N–H and O–H groups in total. The van der Waals surface area contributed by atoms with Crippen LogP contribution in [0.4, 0.5) is 10.1 Å². The lowest BCUT2D eigenvalue weighted by molar-refractivity contribution is -0.129. The molecule has 4 nitrogen and oxygen atoms in total. The second-order valence-corrected chi connectivity index (χ2v) is 5.11. The van der Waals surface area contributed by atoms with Crippen LogP contribution in [0.2, 0.25) is 0 Å². The number of hydrogen-bond donors (Lipinski definition) is 1. The fourth-order valence-electron chi connectivity index (χ4n) is 2.55. The zero-order chi connectivity index (χ0) is 14.0. The lowest BCUT2D eigenvalue weighted by atomic mass is 10.1. The van der Waals surface area contributed by atoms with Gasteiger partial charge in [-0.05, 0) is 36.6 Å². The van der Waals surface area contributed by atoms with E-state index >= 15 is 0 Å². The van der Waals surface area contributed by atoms with E-state index in [1.165, 1.54) is 12.1 Å². The Morgan fingerprint density at radius 3 is 2.84 bits per heavy atom. The van der Waals surface area contributed by atoms with E-state index in [4.69, 9.17) is 5.73 Å². The van der Waals surface area contributed by atoms with Gasteiger partial charge in [-0.25, -0.2) is 4.39 Å². The van der Waals surface area contributed by atoms with Gasteiger partial charge in [-0.2, -0.15) is 0 Å². The Morgan fingerprint density at radius 2 is 2.21 bits per heavy atom. The molecule has 1 saturated heterocycles. The van der Waals surface area contributed by atoms with Gasteiger partial charge < -0.3 is 15.5 Å². The summed E-state index contributed by atoms with van der Waals surface area (Å²) in [5.41, 5.74) is 7.06. The molecule has 1 atom stereocenters. The molecule has 1 aliphatic rings. The first-order valence-electron chi connectivity index (χ1n) is 6.50. The number of nitrogens with zero attached hydrogens (tertiary/aromatic N) is 2. The van der Waals surface area contributed by atoms with Crippen molar-refractivity contribution in [3.8, 4) is 0 Å². The molecule has 0 bridgehead atoms. The van der Waals surface area contributed by atoms with Crippen LogP contribution in [0.1, 0.15) is 18.4 Å². The van der Waals surface area contributed by atoms with Crippen molar-refractivity contribution in [3.63, 3.8) is 0 Å². The average Bonchev–Trinajstić information content (AvgIpc) is 2.85. The van der Waals surface area contributed by atoms with Gasteiger partial charge >= 0.3 is 0 Å². The van der Waals surface area contributed by atoms with Crippen molar-refractivity contribution in [3.05, 3.63) is 29.6 Å². The lowest BCUT2D eigenvalue weighted by Gasteiger charge is -2.28. The predicted molar refractivity (Wildman–Crippen MR) is 73.4 cm³/mol. The van der Waals surface area contributed by atoms with E-state index < -0.39 is 0 Å². The van der Waals surface area contributed by atoms with Crippen molar-refractivity contribution in [2.75, 3.05) is 25.5 Å². The summed E-state index contributed by atoms with van der Waals surface area (Å²) in [6.45, 7) is 1.07. The predicted octanol–water partition coefficient (Wildman–Crippen LogP) is 1.34. The van der Waals surface area contributed by atoms with E-state index in [9.17, 15) is 9.18 Å². The van der Waals surface area contributed by atoms with Gasteiger partial charge in [-0.1, -0.05) is 0 Å². The molecule has 5 heteroatoms. The van der Waals surface area contributed by atoms with Crippen molar-refractivity contribution in [1.82, 2.24) is 4.90 Å². The number of amides is 1. The average molecular weight is 265 g/mol. The summed E-state index contributed by atoms with van der Waals surface area (Å²) in [7, 11) is 3.49. The maximum atomic E-state index is 13.6. The van der Waals surface area contributed by atoms with Crippen LogP contribution in [0.3, 0.4) is 0 Å². The van der Waals surface area contributed by atoms with Gasteiger partial charge in [0.25, 0.3) is 0 Å². The molecule has 0 spiro atoms. The number of carbonyl (C=O) groups is 1. The van der Waals surface area contributed by atoms with Crippen LogP contribution in [0.15, 0.2) is 18.2 Å². The first kappa shape index (κ1) is 13.8. The zero-order valence-electron chi connectivity index (χ0n) is 11.4. The number of nitrogens with two attached hydrogens (primary N) is 1. The number of carbonyl (C=O) groups excluding carboxylic acids is 1. The Labute approximate surface area is 113 Å². The number of hydrogen-bond acceptors (Lipinski definition) is 3. The van der Waals surface area contributed by atoms with E-state index in [0.717, 1.165) is 30.6 Å². The first-order chi connectivity index (χ1) is 9.02. The summed E-state index contributed by atoms with van der Waals surface area (Å²) in [5.74, 6) is -0.239. The molecule has 1 aromatic carbocycles. The van der Waals surface area contributed by atoms with Gasteiger partial charge in [0.15, 0.2) is 0 Å². The molecule has 2 rings (SSSR count). The molecule has 19 heavy (non-hydrogen) atoms. The van der Waals surface area contributed by atoms with Gasteiger partial charge in [0, 0.05) is 32.9 Å². The minimum atomic E-state index is -0.305. The molecule has 0 aliphatic carbocycles. The summed E-state index contributed by atoms with van der Waals surface area (Å²) < 4.78 is 13.6. The van der Waals surface area contributed by atoms with Crippen LogP contribution in [0.25, 0.3) is 0 Å². The van der Waals surface area contributed by atoms with Gasteiger partial charge in [-0.3, -0.25) is 4.79 Å². The minimum absolute atomic E-state index is 0.0658. The van der Waals surface area contributed by atoms with Crippen LogP contribution in [-0.2, 0) is 11.3 Å². The smallest absolute Gasteiger partial charge is 0.244 e. The summed E-state index contributed by atoms with van der Waals surface area (Å²) in [5, 5.41) is 0. The van der Waals surface area contributed by atoms with E-state index in [-0.39, 0.29) is 17.8 Å². The second-order valence-electron chi connectivity index (χ2n) is 5.11. The van der Waals surface area contributed by atoms with Gasteiger partial charge in [0.1, 0.15) is 11.9 Å². The molecule has 0 saturated carbocycles. The fraction of sp³-hybridized carbons (Fsp3) is 0.500. The Bertz CT molecular complexity index is 476. The van der Waals surface area contributed by atoms with E-state index in [1.807, 2.05) is 11.0 Å². The fourth-order valence-corrected chi connectivity index (χ4v) is 2.55. The number of benzene rings is 1. The highest BCUT2D eigenvalue weighted by Gasteiger charge is 2.32. The van der Waals surface area contributed by atoms with E-state index in [0.29, 0.717) is 6.54 Å². The Kier molecular flexibility index (Phi) is 4.04. The number of likely N-dealkylation sites (N-methyl/N-ethyl adjacent to an activating group) is 1. The van der Waals surface area contributed by atoms with Crippen molar-refractivity contribution in [1.29, 1.82) is 0 Å². The third kappa shape index (κ3) is 2.87. The third-order valence-electron chi connectivity index (χ3n) is 3.49. The topological polar surface area (TPSA) is 49.6 Å². The molecule has 1 amide bonds. The van der Waals surface area contributed by atoms with E-state index in [2.05, 4.69) is 0 Å². The van der Waals surface area contributed by atoms with Crippen LogP contribution in [-0.4, -0.2) is 37.5 Å². The molecule has 0 aromatic heterocycles. The van der Waals surface area contributed by atoms with Crippen molar-refractivity contribution in [2.45, 2.75) is 25.4 Å². The molecule has 1 unspecified atom stereocenters. The molecule has 1 heterocycles. The van der Waals surface area contributed by atoms with Gasteiger partial charge in [-0.15, -0.1) is 0 Å². The van der Waals surface area contributed by atoms with Crippen molar-refractivity contribution >= 4 is 11.6 Å². The highest BCUT2D eigenvalue weighted by molar-refractivity contribution is 5.85. The van der Waals surface area contributed by atoms with Gasteiger partial charge in [0.2, 0.25) is 5.91 Å². The standard InChI is InChI=1S/C14H20FN3O/c1-17(2)14(19)13-4-3-5-18(13)12-7-10(9-16)6-11(15)8-12/h6-8,13H,3-5,9,16H2,1-2H3. The summed E-state index contributed by atoms with van der Waals surface area (Å²) >= 11 is 0. The SMILES string of the molecule is CN(C)C(=O)C1CCCN1c1cc(F)cc(CN)c1. The maximum absolute atomic E-state index is 13.6. The first-order valence-corrected chi connectivity index (χ1v) is 6.50. The Morgan fingerprint density at radius 1 is 1.47 bits per heavy atom. The zero-order valence-corrected chi connectivity index (χ0v) is 11.4. The van der Waals surface area contributed by atoms with Crippen molar-refractivity contribution in [2.24, 2.45) is 5.73 Å². The normalized spacial score (nSPS) is 18.7. The summed E-state index contributed by atoms with van der Waals surface area (Å²) in [6, 6.07) is 4.58. The molecule has 104 valence electrons. The molecule has 1 aromatic rings. The number of anilines is 1. The Balaban J connectivity index is 2.29. The van der Waals surface area contributed by atoms with Crippen LogP contribution < -0.4 is 10.6 Å². The van der Waals surface area contributed by atoms with Crippen molar-refractivity contribution < 1.29 is 9.18 Å². The highest BCUT2D eigenvalue weighted by Crippen LogP contribution is 2.28. The third-order valence-corrected chi connectivity index (χ3v) is 3.49. The van der Waals surface area contributed by atoms with Crippen LogP contribution >= 0.6 is 0 Å². The maximum Gasteiger partial charge on any atom is 0.244 e. The molecule has 1 fully saturated rings. The Hall–Kier alpha value is -1.62. The second kappa shape index (κ2) is 5.57. The minimum Gasteiger partial charge on any atom is -0.359 e. The number of halogens is 1. The molecule has 1 aliphatic heterocycles. The monoisotopic (exact) mass is 265 g/mol. The highest BCUT2D eigenvalue weighted by atomic mass is 19.1. The molecular formula is C14H20FN3O. The largest absolute Gasteiger partial charge is 0.359 e. The van der Waals surface area contributed by atoms with Crippen LogP contribution in [0.5, 0.6) is 0 Å². The molecule has 0 radical (unpaired) electrons. The van der Waals surface area contributed by atoms with Gasteiger partial charge in [0.05, 0.1) is 0 Å². The molecular weight excluding hydrogens is 245 g/mol. The summed E-state index contributed by atoms with van der Waals surface area (Å²) in [6.07, 6.45) is 1.75. The van der Waals surface area contributed by atoms with E-state index in [1.54, 1.807) is 19.0 Å². The number of rotatable bonds is 3. The quantitative estimate of drug-likeness (QED) is 0.897. The summed E-state index contributed by atoms with van der Waals surface area (Å²) in [4.78, 5) is 15.7.